The second kappa shape index (κ2) is 9.01. The summed E-state index contributed by atoms with van der Waals surface area (Å²) in [6, 6.07) is 16.4. The molecule has 0 radical (unpaired) electrons. The van der Waals surface area contributed by atoms with E-state index in [0.717, 1.165) is 33.8 Å². The van der Waals surface area contributed by atoms with Gasteiger partial charge in [-0.1, -0.05) is 24.3 Å². The first-order chi connectivity index (χ1) is 15.4. The van der Waals surface area contributed by atoms with Gasteiger partial charge in [0, 0.05) is 24.1 Å². The number of amides is 1. The Morgan fingerprint density at radius 3 is 2.66 bits per heavy atom. The van der Waals surface area contributed by atoms with Crippen LogP contribution in [0, 0.1) is 20.8 Å². The van der Waals surface area contributed by atoms with E-state index in [1.165, 1.54) is 0 Å². The SMILES string of the molecule is Cc1cccc(NC(=O)OCc2cccc(O)c2)c1CNc1cccn2c(C)c(C)nc12. The van der Waals surface area contributed by atoms with Crippen molar-refractivity contribution < 1.29 is 14.6 Å². The maximum absolute atomic E-state index is 12.4. The number of aromatic hydroxyl groups is 1. The molecule has 0 aliphatic heterocycles. The normalized spacial score (nSPS) is 10.8. The van der Waals surface area contributed by atoms with Gasteiger partial charge in [-0.05, 0) is 67.8 Å². The molecule has 0 aliphatic carbocycles. The van der Waals surface area contributed by atoms with Gasteiger partial charge in [0.15, 0.2) is 5.65 Å². The molecule has 7 heteroatoms. The Hall–Kier alpha value is -4.00. The number of nitrogens with zero attached hydrogens (tertiary/aromatic N) is 2. The molecule has 0 unspecified atom stereocenters. The van der Waals surface area contributed by atoms with Gasteiger partial charge in [0.1, 0.15) is 12.4 Å². The van der Waals surface area contributed by atoms with E-state index < -0.39 is 6.09 Å². The highest BCUT2D eigenvalue weighted by molar-refractivity contribution is 5.86. The molecule has 164 valence electrons. The van der Waals surface area contributed by atoms with Crippen LogP contribution in [0.2, 0.25) is 0 Å². The van der Waals surface area contributed by atoms with Crippen molar-refractivity contribution in [3.8, 4) is 5.75 Å². The van der Waals surface area contributed by atoms with Crippen molar-refractivity contribution in [1.82, 2.24) is 9.38 Å². The van der Waals surface area contributed by atoms with E-state index in [4.69, 9.17) is 4.74 Å². The molecule has 3 N–H and O–H groups in total. The third-order valence-corrected chi connectivity index (χ3v) is 5.51. The minimum atomic E-state index is -0.554. The van der Waals surface area contributed by atoms with Crippen molar-refractivity contribution >= 4 is 23.1 Å². The average molecular weight is 431 g/mol. The zero-order valence-electron chi connectivity index (χ0n) is 18.3. The maximum Gasteiger partial charge on any atom is 0.411 e. The number of carbonyl (C=O) groups excluding carboxylic acids is 1. The van der Waals surface area contributed by atoms with Crippen molar-refractivity contribution in [1.29, 1.82) is 0 Å². The van der Waals surface area contributed by atoms with Crippen LogP contribution >= 0.6 is 0 Å². The summed E-state index contributed by atoms with van der Waals surface area (Å²) < 4.78 is 7.39. The van der Waals surface area contributed by atoms with Crippen LogP contribution in [0.25, 0.3) is 5.65 Å². The lowest BCUT2D eigenvalue weighted by atomic mass is 10.1. The number of rotatable bonds is 6. The molecule has 2 heterocycles. The number of ether oxygens (including phenoxy) is 1. The van der Waals surface area contributed by atoms with Gasteiger partial charge in [0.05, 0.1) is 11.4 Å². The molecule has 0 atom stereocenters. The van der Waals surface area contributed by atoms with E-state index >= 15 is 0 Å². The van der Waals surface area contributed by atoms with Gasteiger partial charge in [-0.3, -0.25) is 5.32 Å². The van der Waals surface area contributed by atoms with Crippen molar-refractivity contribution in [2.24, 2.45) is 0 Å². The fraction of sp³-hybridized carbons (Fsp3) is 0.200. The number of carbonyl (C=O) groups is 1. The minimum absolute atomic E-state index is 0.0697. The largest absolute Gasteiger partial charge is 0.508 e. The molecule has 4 aromatic rings. The summed E-state index contributed by atoms with van der Waals surface area (Å²) in [5.74, 6) is 0.136. The lowest BCUT2D eigenvalue weighted by Gasteiger charge is -2.15. The third kappa shape index (κ3) is 4.51. The zero-order valence-corrected chi connectivity index (χ0v) is 18.3. The first-order valence-corrected chi connectivity index (χ1v) is 10.4. The summed E-state index contributed by atoms with van der Waals surface area (Å²) in [7, 11) is 0. The van der Waals surface area contributed by atoms with Crippen molar-refractivity contribution in [3.63, 3.8) is 0 Å². The molecule has 2 aromatic heterocycles. The summed E-state index contributed by atoms with van der Waals surface area (Å²) in [4.78, 5) is 17.1. The standard InChI is InChI=1S/C25H26N4O3/c1-16-7-4-10-22(28-25(31)32-15-19-8-5-9-20(30)13-19)21(16)14-26-23-11-6-12-29-18(3)17(2)27-24(23)29/h4-13,26,30H,14-15H2,1-3H3,(H,28,31). The van der Waals surface area contributed by atoms with Crippen LogP contribution in [0.1, 0.15) is 28.1 Å². The van der Waals surface area contributed by atoms with Crippen LogP contribution < -0.4 is 10.6 Å². The van der Waals surface area contributed by atoms with Crippen LogP contribution in [-0.4, -0.2) is 20.6 Å². The third-order valence-electron chi connectivity index (χ3n) is 5.51. The average Bonchev–Trinajstić information content (AvgIpc) is 3.06. The Labute approximate surface area is 186 Å². The molecule has 4 rings (SSSR count). The van der Waals surface area contributed by atoms with Gasteiger partial charge in [0.2, 0.25) is 0 Å². The highest BCUT2D eigenvalue weighted by atomic mass is 16.5. The zero-order chi connectivity index (χ0) is 22.7. The molecule has 32 heavy (non-hydrogen) atoms. The van der Waals surface area contributed by atoms with Crippen LogP contribution in [0.15, 0.2) is 60.8 Å². The van der Waals surface area contributed by atoms with Crippen LogP contribution in [0.3, 0.4) is 0 Å². The first kappa shape index (κ1) is 21.2. The summed E-state index contributed by atoms with van der Waals surface area (Å²) in [5.41, 5.74) is 7.30. The van der Waals surface area contributed by atoms with E-state index in [1.54, 1.807) is 24.3 Å². The number of aryl methyl sites for hydroxylation is 3. The molecule has 1 amide bonds. The Bertz CT molecular complexity index is 1280. The monoisotopic (exact) mass is 430 g/mol. The molecule has 0 fully saturated rings. The molecule has 0 spiro atoms. The molecule has 0 saturated heterocycles. The molecular weight excluding hydrogens is 404 g/mol. The van der Waals surface area contributed by atoms with Crippen LogP contribution in [0.4, 0.5) is 16.2 Å². The molecule has 0 bridgehead atoms. The Balaban J connectivity index is 1.47. The number of phenolic OH excluding ortho intramolecular Hbond substituents is 1. The number of aromatic nitrogens is 2. The Morgan fingerprint density at radius 1 is 1.06 bits per heavy atom. The number of benzene rings is 2. The lowest BCUT2D eigenvalue weighted by molar-refractivity contribution is 0.155. The minimum Gasteiger partial charge on any atom is -0.508 e. The lowest BCUT2D eigenvalue weighted by Crippen LogP contribution is -2.16. The molecule has 2 aromatic carbocycles. The molecule has 7 nitrogen and oxygen atoms in total. The highest BCUT2D eigenvalue weighted by Crippen LogP contribution is 2.24. The van der Waals surface area contributed by atoms with E-state index in [0.29, 0.717) is 17.8 Å². The van der Waals surface area contributed by atoms with Gasteiger partial charge >= 0.3 is 6.09 Å². The number of imidazole rings is 1. The number of hydrogen-bond acceptors (Lipinski definition) is 5. The second-order valence-corrected chi connectivity index (χ2v) is 7.72. The fourth-order valence-electron chi connectivity index (χ4n) is 3.62. The first-order valence-electron chi connectivity index (χ1n) is 10.4. The van der Waals surface area contributed by atoms with Crippen molar-refractivity contribution in [2.75, 3.05) is 10.6 Å². The van der Waals surface area contributed by atoms with Crippen LogP contribution in [-0.2, 0) is 17.9 Å². The topological polar surface area (TPSA) is 87.9 Å². The Kier molecular flexibility index (Phi) is 5.98. The van der Waals surface area contributed by atoms with Crippen LogP contribution in [0.5, 0.6) is 5.75 Å². The number of anilines is 2. The highest BCUT2D eigenvalue weighted by Gasteiger charge is 2.12. The second-order valence-electron chi connectivity index (χ2n) is 7.72. The summed E-state index contributed by atoms with van der Waals surface area (Å²) in [5, 5.41) is 15.8. The molecule has 0 aliphatic rings. The Morgan fingerprint density at radius 2 is 1.84 bits per heavy atom. The predicted molar refractivity (Wildman–Crippen MR) is 125 cm³/mol. The number of hydrogen-bond donors (Lipinski definition) is 3. The number of nitrogens with one attached hydrogen (secondary N) is 2. The van der Waals surface area contributed by atoms with E-state index in [2.05, 4.69) is 20.0 Å². The summed E-state index contributed by atoms with van der Waals surface area (Å²) >= 11 is 0. The fourth-order valence-corrected chi connectivity index (χ4v) is 3.62. The maximum atomic E-state index is 12.4. The van der Waals surface area contributed by atoms with Gasteiger partial charge in [-0.2, -0.15) is 0 Å². The van der Waals surface area contributed by atoms with E-state index in [1.807, 2.05) is 57.3 Å². The van der Waals surface area contributed by atoms with Gasteiger partial charge in [0.25, 0.3) is 0 Å². The van der Waals surface area contributed by atoms with E-state index in [-0.39, 0.29) is 12.4 Å². The van der Waals surface area contributed by atoms with E-state index in [9.17, 15) is 9.90 Å². The molecule has 0 saturated carbocycles. The number of phenols is 1. The number of fused-ring (bicyclic) bond motifs is 1. The predicted octanol–water partition coefficient (Wildman–Crippen LogP) is 5.33. The molecular formula is C25H26N4O3. The van der Waals surface area contributed by atoms with Gasteiger partial charge in [-0.25, -0.2) is 9.78 Å². The van der Waals surface area contributed by atoms with Gasteiger partial charge in [-0.15, -0.1) is 0 Å². The summed E-state index contributed by atoms with van der Waals surface area (Å²) in [6.45, 7) is 6.63. The van der Waals surface area contributed by atoms with Gasteiger partial charge < -0.3 is 19.6 Å². The van der Waals surface area contributed by atoms with Crippen molar-refractivity contribution in [3.05, 3.63) is 88.9 Å². The quantitative estimate of drug-likeness (QED) is 0.385. The van der Waals surface area contributed by atoms with Crippen molar-refractivity contribution in [2.45, 2.75) is 33.9 Å². The smallest absolute Gasteiger partial charge is 0.411 e. The number of pyridine rings is 1. The summed E-state index contributed by atoms with van der Waals surface area (Å²) in [6.07, 6.45) is 1.45.